The summed E-state index contributed by atoms with van der Waals surface area (Å²) in [6.07, 6.45) is 2.53. The third kappa shape index (κ3) is 3.31. The standard InChI is InChI=1S/C13H21N3O2/c1-2-11(1)13-9-12(15-18-13)10-14-3-4-16-5-7-17-8-6-16/h9,11,14H,1-8,10H2. The van der Waals surface area contributed by atoms with E-state index in [0.717, 1.165) is 57.4 Å². The van der Waals surface area contributed by atoms with Gasteiger partial charge in [0.2, 0.25) is 0 Å². The first-order valence-corrected chi connectivity index (χ1v) is 6.88. The van der Waals surface area contributed by atoms with Gasteiger partial charge in [-0.05, 0) is 12.8 Å². The van der Waals surface area contributed by atoms with Crippen molar-refractivity contribution in [2.24, 2.45) is 0 Å². The molecule has 0 bridgehead atoms. The Balaban J connectivity index is 1.33. The first-order chi connectivity index (χ1) is 8.92. The first kappa shape index (κ1) is 12.1. The summed E-state index contributed by atoms with van der Waals surface area (Å²) >= 11 is 0. The molecule has 18 heavy (non-hydrogen) atoms. The number of nitrogens with one attached hydrogen (secondary N) is 1. The molecule has 1 aromatic heterocycles. The molecule has 0 amide bonds. The van der Waals surface area contributed by atoms with Crippen LogP contribution in [0.5, 0.6) is 0 Å². The summed E-state index contributed by atoms with van der Waals surface area (Å²) in [4.78, 5) is 2.43. The molecule has 1 aliphatic carbocycles. The zero-order valence-corrected chi connectivity index (χ0v) is 10.7. The summed E-state index contributed by atoms with van der Waals surface area (Å²) in [7, 11) is 0. The molecule has 5 nitrogen and oxygen atoms in total. The van der Waals surface area contributed by atoms with Crippen molar-refractivity contribution in [3.8, 4) is 0 Å². The molecule has 0 atom stereocenters. The molecule has 1 saturated heterocycles. The van der Waals surface area contributed by atoms with Crippen LogP contribution in [-0.2, 0) is 11.3 Å². The van der Waals surface area contributed by atoms with E-state index in [1.54, 1.807) is 0 Å². The highest BCUT2D eigenvalue weighted by Gasteiger charge is 2.27. The minimum atomic E-state index is 0.652. The monoisotopic (exact) mass is 251 g/mol. The molecule has 0 aromatic carbocycles. The molecule has 5 heteroatoms. The van der Waals surface area contributed by atoms with E-state index in [4.69, 9.17) is 9.26 Å². The van der Waals surface area contributed by atoms with Crippen molar-refractivity contribution in [2.75, 3.05) is 39.4 Å². The molecule has 0 unspecified atom stereocenters. The fourth-order valence-corrected chi connectivity index (χ4v) is 2.25. The van der Waals surface area contributed by atoms with Crippen molar-refractivity contribution >= 4 is 0 Å². The predicted molar refractivity (Wildman–Crippen MR) is 67.4 cm³/mol. The summed E-state index contributed by atoms with van der Waals surface area (Å²) in [6, 6.07) is 2.10. The first-order valence-electron chi connectivity index (χ1n) is 6.88. The maximum atomic E-state index is 5.32. The lowest BCUT2D eigenvalue weighted by Crippen LogP contribution is -2.40. The number of aromatic nitrogens is 1. The zero-order chi connectivity index (χ0) is 12.2. The van der Waals surface area contributed by atoms with Gasteiger partial charge in [0.15, 0.2) is 0 Å². The number of morpholine rings is 1. The summed E-state index contributed by atoms with van der Waals surface area (Å²) in [6.45, 7) is 6.72. The van der Waals surface area contributed by atoms with Gasteiger partial charge in [-0.25, -0.2) is 0 Å². The van der Waals surface area contributed by atoms with Gasteiger partial charge in [-0.2, -0.15) is 0 Å². The maximum Gasteiger partial charge on any atom is 0.140 e. The van der Waals surface area contributed by atoms with Gasteiger partial charge in [-0.1, -0.05) is 5.16 Å². The number of hydrogen-bond acceptors (Lipinski definition) is 5. The number of nitrogens with zero attached hydrogens (tertiary/aromatic N) is 2. The van der Waals surface area contributed by atoms with Crippen LogP contribution < -0.4 is 5.32 Å². The second kappa shape index (κ2) is 5.82. The van der Waals surface area contributed by atoms with Crippen molar-refractivity contribution in [3.05, 3.63) is 17.5 Å². The molecule has 2 fully saturated rings. The smallest absolute Gasteiger partial charge is 0.140 e. The topological polar surface area (TPSA) is 50.5 Å². The summed E-state index contributed by atoms with van der Waals surface area (Å²) in [5.41, 5.74) is 1.03. The SMILES string of the molecule is c1c(CNCCN2CCOCC2)noc1C1CC1. The lowest BCUT2D eigenvalue weighted by atomic mass is 10.3. The second-order valence-electron chi connectivity index (χ2n) is 5.13. The van der Waals surface area contributed by atoms with Gasteiger partial charge in [0, 0.05) is 44.7 Å². The van der Waals surface area contributed by atoms with Crippen LogP contribution in [0.15, 0.2) is 10.6 Å². The molecule has 1 aromatic rings. The third-order valence-corrected chi connectivity index (χ3v) is 3.57. The third-order valence-electron chi connectivity index (χ3n) is 3.57. The van der Waals surface area contributed by atoms with Gasteiger partial charge in [0.25, 0.3) is 0 Å². The van der Waals surface area contributed by atoms with E-state index >= 15 is 0 Å². The number of hydrogen-bond donors (Lipinski definition) is 1. The van der Waals surface area contributed by atoms with E-state index < -0.39 is 0 Å². The normalized spacial score (nSPS) is 21.3. The van der Waals surface area contributed by atoms with Crippen LogP contribution in [0.2, 0.25) is 0 Å². The van der Waals surface area contributed by atoms with Crippen LogP contribution in [0, 0.1) is 0 Å². The fourth-order valence-electron chi connectivity index (χ4n) is 2.25. The molecule has 1 aliphatic heterocycles. The average molecular weight is 251 g/mol. The van der Waals surface area contributed by atoms with Gasteiger partial charge in [-0.3, -0.25) is 4.90 Å². The van der Waals surface area contributed by atoms with Crippen LogP contribution in [0.1, 0.15) is 30.2 Å². The summed E-state index contributed by atoms with van der Waals surface area (Å²) < 4.78 is 10.6. The highest BCUT2D eigenvalue weighted by atomic mass is 16.5. The van der Waals surface area contributed by atoms with Gasteiger partial charge in [-0.15, -0.1) is 0 Å². The molecule has 100 valence electrons. The van der Waals surface area contributed by atoms with E-state index in [2.05, 4.69) is 21.4 Å². The Kier molecular flexibility index (Phi) is 3.93. The largest absolute Gasteiger partial charge is 0.379 e. The van der Waals surface area contributed by atoms with Crippen molar-refractivity contribution in [1.29, 1.82) is 0 Å². The minimum Gasteiger partial charge on any atom is -0.379 e. The molecule has 0 spiro atoms. The van der Waals surface area contributed by atoms with Gasteiger partial charge in [0.1, 0.15) is 5.76 Å². The second-order valence-corrected chi connectivity index (χ2v) is 5.13. The van der Waals surface area contributed by atoms with Gasteiger partial charge in [0.05, 0.1) is 18.9 Å². The molecule has 2 aliphatic rings. The highest BCUT2D eigenvalue weighted by molar-refractivity contribution is 5.14. The molecule has 0 radical (unpaired) electrons. The highest BCUT2D eigenvalue weighted by Crippen LogP contribution is 2.40. The Labute approximate surface area is 107 Å². The maximum absolute atomic E-state index is 5.32. The van der Waals surface area contributed by atoms with Crippen LogP contribution in [0.3, 0.4) is 0 Å². The Morgan fingerprint density at radius 3 is 2.94 bits per heavy atom. The van der Waals surface area contributed by atoms with Crippen LogP contribution in [-0.4, -0.2) is 49.4 Å². The van der Waals surface area contributed by atoms with Crippen molar-refractivity contribution in [3.63, 3.8) is 0 Å². The Hall–Kier alpha value is -0.910. The molecular formula is C13H21N3O2. The molecule has 1 N–H and O–H groups in total. The fraction of sp³-hybridized carbons (Fsp3) is 0.769. The molecule has 2 heterocycles. The molecule has 3 rings (SSSR count). The van der Waals surface area contributed by atoms with Crippen molar-refractivity contribution in [2.45, 2.75) is 25.3 Å². The quantitative estimate of drug-likeness (QED) is 0.764. The van der Waals surface area contributed by atoms with E-state index in [1.165, 1.54) is 12.8 Å². The van der Waals surface area contributed by atoms with Crippen molar-refractivity contribution < 1.29 is 9.26 Å². The summed E-state index contributed by atoms with van der Waals surface area (Å²) in [5.74, 6) is 1.72. The molecular weight excluding hydrogens is 230 g/mol. The number of rotatable bonds is 6. The minimum absolute atomic E-state index is 0.652. The van der Waals surface area contributed by atoms with E-state index in [0.29, 0.717) is 5.92 Å². The predicted octanol–water partition coefficient (Wildman–Crippen LogP) is 0.974. The van der Waals surface area contributed by atoms with Crippen LogP contribution in [0.4, 0.5) is 0 Å². The zero-order valence-electron chi connectivity index (χ0n) is 10.7. The van der Waals surface area contributed by atoms with Crippen molar-refractivity contribution in [1.82, 2.24) is 15.4 Å². The van der Waals surface area contributed by atoms with E-state index in [-0.39, 0.29) is 0 Å². The Bertz CT molecular complexity index is 370. The Morgan fingerprint density at radius 1 is 1.33 bits per heavy atom. The lowest BCUT2D eigenvalue weighted by Gasteiger charge is -2.26. The van der Waals surface area contributed by atoms with Crippen LogP contribution in [0.25, 0.3) is 0 Å². The van der Waals surface area contributed by atoms with E-state index in [1.807, 2.05) is 0 Å². The van der Waals surface area contributed by atoms with Crippen LogP contribution >= 0.6 is 0 Å². The number of ether oxygens (including phenoxy) is 1. The Morgan fingerprint density at radius 2 is 2.17 bits per heavy atom. The van der Waals surface area contributed by atoms with Gasteiger partial charge < -0.3 is 14.6 Å². The summed E-state index contributed by atoms with van der Waals surface area (Å²) in [5, 5.41) is 7.51. The van der Waals surface area contributed by atoms with E-state index in [9.17, 15) is 0 Å². The lowest BCUT2D eigenvalue weighted by molar-refractivity contribution is 0.0384. The van der Waals surface area contributed by atoms with Gasteiger partial charge >= 0.3 is 0 Å². The molecule has 1 saturated carbocycles. The average Bonchev–Trinajstić information content (AvgIpc) is 3.16.